The number of aliphatic hydroxyl groups is 1. The molecule has 0 aromatic heterocycles. The molecular weight excluding hydrogens is 217 g/mol. The van der Waals surface area contributed by atoms with Gasteiger partial charge in [-0.2, -0.15) is 0 Å². The van der Waals surface area contributed by atoms with Crippen molar-refractivity contribution in [3.05, 3.63) is 41.2 Å². The zero-order chi connectivity index (χ0) is 12.1. The van der Waals surface area contributed by atoms with E-state index in [0.29, 0.717) is 6.42 Å². The molecule has 1 aromatic carbocycles. The van der Waals surface area contributed by atoms with Crippen molar-refractivity contribution in [2.24, 2.45) is 0 Å². The molecule has 0 saturated heterocycles. The first-order chi connectivity index (χ1) is 7.56. The Bertz CT molecular complexity index is 388. The second-order valence-electron chi connectivity index (χ2n) is 3.48. The molecule has 1 aromatic rings. The second kappa shape index (κ2) is 5.70. The van der Waals surface area contributed by atoms with E-state index in [1.165, 1.54) is 12.2 Å². The number of hydrogen-bond donors (Lipinski definition) is 1. The molecule has 0 aliphatic carbocycles. The highest BCUT2D eigenvalue weighted by atomic mass is 19.2. The van der Waals surface area contributed by atoms with E-state index in [1.807, 2.05) is 6.92 Å². The quantitative estimate of drug-likeness (QED) is 0.787. The summed E-state index contributed by atoms with van der Waals surface area (Å²) in [5.41, 5.74) is -0.0750. The van der Waals surface area contributed by atoms with Gasteiger partial charge in [0.25, 0.3) is 0 Å². The van der Waals surface area contributed by atoms with E-state index in [0.717, 1.165) is 18.6 Å². The van der Waals surface area contributed by atoms with Crippen LogP contribution in [-0.2, 0) is 0 Å². The van der Waals surface area contributed by atoms with E-state index in [4.69, 9.17) is 0 Å². The van der Waals surface area contributed by atoms with Crippen LogP contribution in [0, 0.1) is 17.5 Å². The molecule has 88 valence electrons. The van der Waals surface area contributed by atoms with Gasteiger partial charge in [-0.1, -0.05) is 25.5 Å². The SMILES string of the molecule is CCCC(O)C=Cc1ccc(F)c(F)c1F. The Labute approximate surface area is 92.2 Å². The van der Waals surface area contributed by atoms with Crippen LogP contribution in [0.25, 0.3) is 6.08 Å². The minimum Gasteiger partial charge on any atom is -0.389 e. The van der Waals surface area contributed by atoms with Crippen molar-refractivity contribution in [1.29, 1.82) is 0 Å². The molecular formula is C12H13F3O. The molecule has 0 radical (unpaired) electrons. The Kier molecular flexibility index (Phi) is 4.55. The molecule has 0 bridgehead atoms. The van der Waals surface area contributed by atoms with Crippen molar-refractivity contribution in [3.63, 3.8) is 0 Å². The van der Waals surface area contributed by atoms with Gasteiger partial charge in [0.2, 0.25) is 0 Å². The van der Waals surface area contributed by atoms with Crippen LogP contribution in [0.5, 0.6) is 0 Å². The molecule has 0 aliphatic rings. The van der Waals surface area contributed by atoms with Gasteiger partial charge >= 0.3 is 0 Å². The van der Waals surface area contributed by atoms with Crippen molar-refractivity contribution >= 4 is 6.08 Å². The van der Waals surface area contributed by atoms with Gasteiger partial charge in [-0.25, -0.2) is 13.2 Å². The molecule has 0 spiro atoms. The molecule has 1 nitrogen and oxygen atoms in total. The lowest BCUT2D eigenvalue weighted by Gasteiger charge is -2.03. The lowest BCUT2D eigenvalue weighted by molar-refractivity contribution is 0.212. The number of aliphatic hydroxyl groups excluding tert-OH is 1. The lowest BCUT2D eigenvalue weighted by Crippen LogP contribution is -2.00. The summed E-state index contributed by atoms with van der Waals surface area (Å²) < 4.78 is 38.6. The van der Waals surface area contributed by atoms with Gasteiger partial charge in [0.15, 0.2) is 17.5 Å². The molecule has 1 rings (SSSR count). The number of halogens is 3. The molecule has 0 saturated carbocycles. The lowest BCUT2D eigenvalue weighted by atomic mass is 10.1. The Balaban J connectivity index is 2.86. The summed E-state index contributed by atoms with van der Waals surface area (Å²) in [5.74, 6) is -3.95. The maximum atomic E-state index is 13.2. The number of rotatable bonds is 4. The van der Waals surface area contributed by atoms with Crippen LogP contribution in [0.15, 0.2) is 18.2 Å². The summed E-state index contributed by atoms with van der Waals surface area (Å²) in [7, 11) is 0. The van der Waals surface area contributed by atoms with E-state index < -0.39 is 23.6 Å². The highest BCUT2D eigenvalue weighted by molar-refractivity contribution is 5.50. The summed E-state index contributed by atoms with van der Waals surface area (Å²) >= 11 is 0. The zero-order valence-corrected chi connectivity index (χ0v) is 8.88. The number of benzene rings is 1. The summed E-state index contributed by atoms with van der Waals surface area (Å²) in [6.45, 7) is 1.90. The summed E-state index contributed by atoms with van der Waals surface area (Å²) in [5, 5.41) is 9.35. The Morgan fingerprint density at radius 2 is 1.94 bits per heavy atom. The number of hydrogen-bond acceptors (Lipinski definition) is 1. The summed E-state index contributed by atoms with van der Waals surface area (Å²) in [6.07, 6.45) is 3.24. The van der Waals surface area contributed by atoms with Crippen molar-refractivity contribution in [2.45, 2.75) is 25.9 Å². The normalized spacial score (nSPS) is 13.3. The van der Waals surface area contributed by atoms with Gasteiger partial charge in [0, 0.05) is 5.56 Å². The van der Waals surface area contributed by atoms with E-state index >= 15 is 0 Å². The third-order valence-corrected chi connectivity index (χ3v) is 2.15. The fourth-order valence-electron chi connectivity index (χ4n) is 1.28. The fourth-order valence-corrected chi connectivity index (χ4v) is 1.28. The van der Waals surface area contributed by atoms with Crippen LogP contribution in [-0.4, -0.2) is 11.2 Å². The predicted molar refractivity (Wildman–Crippen MR) is 56.3 cm³/mol. The summed E-state index contributed by atoms with van der Waals surface area (Å²) in [4.78, 5) is 0. The molecule has 1 N–H and O–H groups in total. The van der Waals surface area contributed by atoms with Crippen molar-refractivity contribution in [2.75, 3.05) is 0 Å². The average molecular weight is 230 g/mol. The Morgan fingerprint density at radius 1 is 1.25 bits per heavy atom. The smallest absolute Gasteiger partial charge is 0.195 e. The Morgan fingerprint density at radius 3 is 2.56 bits per heavy atom. The van der Waals surface area contributed by atoms with Crippen molar-refractivity contribution in [3.8, 4) is 0 Å². The molecule has 0 fully saturated rings. The monoisotopic (exact) mass is 230 g/mol. The van der Waals surface area contributed by atoms with Gasteiger partial charge in [-0.05, 0) is 18.6 Å². The third kappa shape index (κ3) is 3.10. The van der Waals surface area contributed by atoms with Gasteiger partial charge in [0.05, 0.1) is 6.10 Å². The van der Waals surface area contributed by atoms with Crippen LogP contribution in [0.2, 0.25) is 0 Å². The van der Waals surface area contributed by atoms with Crippen LogP contribution < -0.4 is 0 Å². The van der Waals surface area contributed by atoms with Gasteiger partial charge < -0.3 is 5.11 Å². The predicted octanol–water partition coefficient (Wildman–Crippen LogP) is 3.28. The van der Waals surface area contributed by atoms with Crippen molar-refractivity contribution in [1.82, 2.24) is 0 Å². The van der Waals surface area contributed by atoms with E-state index in [-0.39, 0.29) is 5.56 Å². The van der Waals surface area contributed by atoms with Gasteiger partial charge in [-0.3, -0.25) is 0 Å². The van der Waals surface area contributed by atoms with Crippen LogP contribution in [0.1, 0.15) is 25.3 Å². The maximum absolute atomic E-state index is 13.2. The molecule has 1 atom stereocenters. The highest BCUT2D eigenvalue weighted by Crippen LogP contribution is 2.16. The average Bonchev–Trinajstić information content (AvgIpc) is 2.25. The fraction of sp³-hybridized carbons (Fsp3) is 0.333. The third-order valence-electron chi connectivity index (χ3n) is 2.15. The topological polar surface area (TPSA) is 20.2 Å². The first kappa shape index (κ1) is 12.8. The van der Waals surface area contributed by atoms with Crippen LogP contribution in [0.4, 0.5) is 13.2 Å². The first-order valence-corrected chi connectivity index (χ1v) is 5.06. The van der Waals surface area contributed by atoms with Crippen LogP contribution in [0.3, 0.4) is 0 Å². The minimum atomic E-state index is -1.49. The minimum absolute atomic E-state index is 0.0750. The van der Waals surface area contributed by atoms with E-state index in [2.05, 4.69) is 0 Å². The first-order valence-electron chi connectivity index (χ1n) is 5.06. The molecule has 0 aliphatic heterocycles. The molecule has 0 amide bonds. The van der Waals surface area contributed by atoms with Crippen LogP contribution >= 0.6 is 0 Å². The second-order valence-corrected chi connectivity index (χ2v) is 3.48. The molecule has 4 heteroatoms. The maximum Gasteiger partial charge on any atom is 0.195 e. The standard InChI is InChI=1S/C12H13F3O/c1-2-3-9(16)6-4-8-5-7-10(13)12(15)11(8)14/h4-7,9,16H,2-3H2,1H3. The molecule has 1 unspecified atom stereocenters. The molecule has 16 heavy (non-hydrogen) atoms. The Hall–Kier alpha value is -1.29. The largest absolute Gasteiger partial charge is 0.389 e. The van der Waals surface area contributed by atoms with Gasteiger partial charge in [-0.15, -0.1) is 0 Å². The molecule has 0 heterocycles. The van der Waals surface area contributed by atoms with Gasteiger partial charge in [0.1, 0.15) is 0 Å². The van der Waals surface area contributed by atoms with E-state index in [1.54, 1.807) is 0 Å². The van der Waals surface area contributed by atoms with E-state index in [9.17, 15) is 18.3 Å². The zero-order valence-electron chi connectivity index (χ0n) is 8.88. The summed E-state index contributed by atoms with van der Waals surface area (Å²) in [6, 6.07) is 1.98. The highest BCUT2D eigenvalue weighted by Gasteiger charge is 2.11. The van der Waals surface area contributed by atoms with Crippen molar-refractivity contribution < 1.29 is 18.3 Å².